The summed E-state index contributed by atoms with van der Waals surface area (Å²) in [4.78, 5) is 0. The minimum atomic E-state index is 0.162. The number of ether oxygens (including phenoxy) is 1. The second-order valence-electron chi connectivity index (χ2n) is 7.38. The molecule has 0 bridgehead atoms. The Morgan fingerprint density at radius 1 is 1.14 bits per heavy atom. The molecule has 2 nitrogen and oxygen atoms in total. The van der Waals surface area contributed by atoms with E-state index in [2.05, 4.69) is 50.4 Å². The fourth-order valence-corrected chi connectivity index (χ4v) is 3.46. The highest BCUT2D eigenvalue weighted by atomic mass is 16.5. The summed E-state index contributed by atoms with van der Waals surface area (Å²) in [7, 11) is 1.79. The second-order valence-corrected chi connectivity index (χ2v) is 7.38. The summed E-state index contributed by atoms with van der Waals surface area (Å²) in [5.74, 6) is 2.38. The molecule has 2 heteroatoms. The molecular weight excluding hydrogens is 258 g/mol. The molecule has 21 heavy (non-hydrogen) atoms. The summed E-state index contributed by atoms with van der Waals surface area (Å²) >= 11 is 0. The van der Waals surface area contributed by atoms with Gasteiger partial charge >= 0.3 is 0 Å². The summed E-state index contributed by atoms with van der Waals surface area (Å²) in [6.45, 7) is 7.77. The van der Waals surface area contributed by atoms with Gasteiger partial charge in [0.05, 0.1) is 7.11 Å². The molecule has 1 atom stereocenters. The van der Waals surface area contributed by atoms with E-state index < -0.39 is 0 Å². The summed E-state index contributed by atoms with van der Waals surface area (Å²) in [5.41, 5.74) is 1.54. The molecule has 1 aromatic carbocycles. The maximum absolute atomic E-state index is 5.62. The first-order chi connectivity index (χ1) is 10.0. The van der Waals surface area contributed by atoms with Gasteiger partial charge in [-0.3, -0.25) is 0 Å². The van der Waals surface area contributed by atoms with Crippen molar-refractivity contribution >= 4 is 0 Å². The van der Waals surface area contributed by atoms with Crippen molar-refractivity contribution in [1.82, 2.24) is 5.32 Å². The Labute approximate surface area is 130 Å². The maximum atomic E-state index is 5.62. The zero-order valence-electron chi connectivity index (χ0n) is 14.1. The third kappa shape index (κ3) is 4.74. The van der Waals surface area contributed by atoms with Gasteiger partial charge < -0.3 is 10.1 Å². The average Bonchev–Trinajstić information content (AvgIpc) is 2.48. The van der Waals surface area contributed by atoms with Crippen LogP contribution in [0.5, 0.6) is 5.75 Å². The van der Waals surface area contributed by atoms with Crippen LogP contribution in [0.2, 0.25) is 0 Å². The number of nitrogens with one attached hydrogen (secondary N) is 1. The molecule has 1 fully saturated rings. The van der Waals surface area contributed by atoms with Gasteiger partial charge in [0.25, 0.3) is 0 Å². The highest BCUT2D eigenvalue weighted by Gasteiger charge is 2.28. The van der Waals surface area contributed by atoms with Gasteiger partial charge in [-0.15, -0.1) is 0 Å². The van der Waals surface area contributed by atoms with E-state index in [4.69, 9.17) is 4.74 Å². The van der Waals surface area contributed by atoms with Crippen LogP contribution in [0.3, 0.4) is 0 Å². The molecule has 118 valence electrons. The van der Waals surface area contributed by atoms with Crippen molar-refractivity contribution in [3.63, 3.8) is 0 Å². The van der Waals surface area contributed by atoms with E-state index in [0.29, 0.717) is 5.92 Å². The van der Waals surface area contributed by atoms with E-state index in [9.17, 15) is 0 Å². The predicted octanol–water partition coefficient (Wildman–Crippen LogP) is 4.75. The largest absolute Gasteiger partial charge is 0.496 e. The Morgan fingerprint density at radius 2 is 1.81 bits per heavy atom. The minimum Gasteiger partial charge on any atom is -0.496 e. The zero-order chi connectivity index (χ0) is 15.3. The Hall–Kier alpha value is -1.02. The van der Waals surface area contributed by atoms with Crippen molar-refractivity contribution in [1.29, 1.82) is 0 Å². The van der Waals surface area contributed by atoms with Crippen molar-refractivity contribution in [2.24, 2.45) is 5.92 Å². The molecule has 0 aromatic heterocycles. The lowest BCUT2D eigenvalue weighted by Crippen LogP contribution is -2.40. The highest BCUT2D eigenvalue weighted by molar-refractivity contribution is 5.37. The number of hydrogen-bond donors (Lipinski definition) is 1. The zero-order valence-corrected chi connectivity index (χ0v) is 14.1. The van der Waals surface area contributed by atoms with Crippen LogP contribution in [-0.2, 0) is 0 Å². The summed E-state index contributed by atoms with van der Waals surface area (Å²) in [5, 5.41) is 3.71. The molecule has 1 aromatic rings. The lowest BCUT2D eigenvalue weighted by atomic mass is 9.76. The van der Waals surface area contributed by atoms with E-state index >= 15 is 0 Å². The van der Waals surface area contributed by atoms with Gasteiger partial charge in [0.2, 0.25) is 0 Å². The third-order valence-corrected chi connectivity index (χ3v) is 4.61. The van der Waals surface area contributed by atoms with Gasteiger partial charge in [0.15, 0.2) is 0 Å². The molecule has 1 saturated carbocycles. The quantitative estimate of drug-likeness (QED) is 0.844. The Kier molecular flexibility index (Phi) is 5.69. The molecule has 0 amide bonds. The topological polar surface area (TPSA) is 21.3 Å². The van der Waals surface area contributed by atoms with Gasteiger partial charge in [0, 0.05) is 18.0 Å². The Morgan fingerprint density at radius 3 is 2.43 bits per heavy atom. The maximum Gasteiger partial charge on any atom is 0.122 e. The summed E-state index contributed by atoms with van der Waals surface area (Å²) in [6, 6.07) is 8.56. The lowest BCUT2D eigenvalue weighted by Gasteiger charge is -2.34. The molecule has 0 saturated heterocycles. The standard InChI is InChI=1S/C19H31NO/c1-19(2,3)20-14-17(15-10-6-5-7-11-15)16-12-8-9-13-18(16)21-4/h8-9,12-13,15,17,20H,5-7,10-11,14H2,1-4H3. The average molecular weight is 289 g/mol. The van der Waals surface area contributed by atoms with E-state index in [1.807, 2.05) is 0 Å². The van der Waals surface area contributed by atoms with Gasteiger partial charge in [0.1, 0.15) is 5.75 Å². The first-order valence-electron chi connectivity index (χ1n) is 8.39. The minimum absolute atomic E-state index is 0.162. The van der Waals surface area contributed by atoms with Crippen molar-refractivity contribution in [3.8, 4) is 5.75 Å². The van der Waals surface area contributed by atoms with Crippen LogP contribution in [0.15, 0.2) is 24.3 Å². The number of hydrogen-bond acceptors (Lipinski definition) is 2. The van der Waals surface area contributed by atoms with Crippen LogP contribution in [0.4, 0.5) is 0 Å². The number of benzene rings is 1. The van der Waals surface area contributed by atoms with E-state index in [-0.39, 0.29) is 5.54 Å². The second kappa shape index (κ2) is 7.31. The van der Waals surface area contributed by atoms with Crippen LogP contribution in [0.25, 0.3) is 0 Å². The van der Waals surface area contributed by atoms with Crippen LogP contribution >= 0.6 is 0 Å². The van der Waals surface area contributed by atoms with Crippen molar-refractivity contribution in [2.75, 3.05) is 13.7 Å². The number of methoxy groups -OCH3 is 1. The number of rotatable bonds is 5. The van der Waals surface area contributed by atoms with Gasteiger partial charge in [-0.1, -0.05) is 37.5 Å². The van der Waals surface area contributed by atoms with Crippen molar-refractivity contribution in [3.05, 3.63) is 29.8 Å². The van der Waals surface area contributed by atoms with Gasteiger partial charge in [-0.05, 0) is 51.2 Å². The molecule has 1 aliphatic rings. The Bertz CT molecular complexity index is 429. The molecule has 0 radical (unpaired) electrons. The first-order valence-corrected chi connectivity index (χ1v) is 8.39. The summed E-state index contributed by atoms with van der Waals surface area (Å²) < 4.78 is 5.62. The molecule has 1 aliphatic carbocycles. The summed E-state index contributed by atoms with van der Waals surface area (Å²) in [6.07, 6.45) is 6.88. The van der Waals surface area contributed by atoms with Crippen molar-refractivity contribution < 1.29 is 4.74 Å². The molecular formula is C19H31NO. The highest BCUT2D eigenvalue weighted by Crippen LogP contribution is 2.39. The van der Waals surface area contributed by atoms with Gasteiger partial charge in [-0.2, -0.15) is 0 Å². The van der Waals surface area contributed by atoms with E-state index in [1.54, 1.807) is 7.11 Å². The molecule has 0 heterocycles. The number of para-hydroxylation sites is 1. The lowest BCUT2D eigenvalue weighted by molar-refractivity contribution is 0.274. The van der Waals surface area contributed by atoms with Gasteiger partial charge in [-0.25, -0.2) is 0 Å². The molecule has 0 aliphatic heterocycles. The predicted molar refractivity (Wildman–Crippen MR) is 90.1 cm³/mol. The third-order valence-electron chi connectivity index (χ3n) is 4.61. The van der Waals surface area contributed by atoms with Crippen molar-refractivity contribution in [2.45, 2.75) is 64.3 Å². The Balaban J connectivity index is 2.21. The van der Waals surface area contributed by atoms with Crippen LogP contribution < -0.4 is 10.1 Å². The van der Waals surface area contributed by atoms with E-state index in [0.717, 1.165) is 18.2 Å². The first kappa shape index (κ1) is 16.4. The van der Waals surface area contributed by atoms with Crippen LogP contribution in [0, 0.1) is 5.92 Å². The molecule has 1 N–H and O–H groups in total. The normalized spacial score (nSPS) is 18.5. The fraction of sp³-hybridized carbons (Fsp3) is 0.684. The molecule has 0 spiro atoms. The van der Waals surface area contributed by atoms with E-state index in [1.165, 1.54) is 37.7 Å². The monoisotopic (exact) mass is 289 g/mol. The SMILES string of the molecule is COc1ccccc1C(CNC(C)(C)C)C1CCCCC1. The van der Waals surface area contributed by atoms with Crippen LogP contribution in [-0.4, -0.2) is 19.2 Å². The fourth-order valence-electron chi connectivity index (χ4n) is 3.46. The molecule has 2 rings (SSSR count). The molecule has 1 unspecified atom stereocenters. The smallest absolute Gasteiger partial charge is 0.122 e. The van der Waals surface area contributed by atoms with Crippen LogP contribution in [0.1, 0.15) is 64.4 Å².